The van der Waals surface area contributed by atoms with Crippen molar-refractivity contribution in [3.05, 3.63) is 53.2 Å². The molecule has 1 aromatic heterocycles. The summed E-state index contributed by atoms with van der Waals surface area (Å²) in [5.74, 6) is 0.910. The Labute approximate surface area is 205 Å². The van der Waals surface area contributed by atoms with Gasteiger partial charge in [-0.3, -0.25) is 9.59 Å². The van der Waals surface area contributed by atoms with Crippen molar-refractivity contribution < 1.29 is 14.3 Å². The first-order valence-electron chi connectivity index (χ1n) is 12.2. The summed E-state index contributed by atoms with van der Waals surface area (Å²) in [4.78, 5) is 36.5. The Hall–Kier alpha value is -3.52. The molecule has 1 fully saturated rings. The Morgan fingerprint density at radius 3 is 2.74 bits per heavy atom. The van der Waals surface area contributed by atoms with Crippen molar-refractivity contribution in [3.8, 4) is 16.9 Å². The van der Waals surface area contributed by atoms with E-state index in [1.165, 1.54) is 0 Å². The molecule has 1 aromatic carbocycles. The standard InChI is InChI=1S/C27H31N5O3/c1-16-10-17(2)31-27(34)23(16)15-30-26(33)21-12-20-11-18(3)35-25(20)22(13-21)19-4-5-24(29-14-19)32-8-6-28-7-9-32/h4-5,10,12-14,18,23,28H,6-9,11,15H2,1-3H3,(H,30,33). The summed E-state index contributed by atoms with van der Waals surface area (Å²) in [5, 5.41) is 6.30. The fraction of sp³-hybridized carbons (Fsp3) is 0.407. The molecule has 182 valence electrons. The summed E-state index contributed by atoms with van der Waals surface area (Å²) in [6.07, 6.45) is 4.54. The molecule has 3 aliphatic rings. The van der Waals surface area contributed by atoms with E-state index in [2.05, 4.69) is 20.5 Å². The van der Waals surface area contributed by atoms with Crippen molar-refractivity contribution in [2.75, 3.05) is 37.6 Å². The van der Waals surface area contributed by atoms with Crippen LogP contribution in [-0.2, 0) is 11.2 Å². The van der Waals surface area contributed by atoms with Crippen LogP contribution in [0.1, 0.15) is 36.7 Å². The van der Waals surface area contributed by atoms with Crippen molar-refractivity contribution in [1.82, 2.24) is 15.6 Å². The quantitative estimate of drug-likeness (QED) is 0.693. The molecule has 0 aliphatic carbocycles. The van der Waals surface area contributed by atoms with E-state index >= 15 is 0 Å². The molecule has 0 radical (unpaired) electrons. The number of ether oxygens (including phenoxy) is 1. The molecule has 2 atom stereocenters. The van der Waals surface area contributed by atoms with Gasteiger partial charge < -0.3 is 20.3 Å². The lowest BCUT2D eigenvalue weighted by molar-refractivity contribution is -0.120. The van der Waals surface area contributed by atoms with Gasteiger partial charge in [0.2, 0.25) is 0 Å². The molecule has 3 aliphatic heterocycles. The van der Waals surface area contributed by atoms with Crippen LogP contribution < -0.4 is 20.3 Å². The molecule has 8 nitrogen and oxygen atoms in total. The fourth-order valence-electron chi connectivity index (χ4n) is 4.96. The van der Waals surface area contributed by atoms with Crippen molar-refractivity contribution >= 4 is 23.3 Å². The first kappa shape index (κ1) is 23.2. The topological polar surface area (TPSA) is 95.9 Å². The lowest BCUT2D eigenvalue weighted by Crippen LogP contribution is -2.43. The van der Waals surface area contributed by atoms with Gasteiger partial charge in [0.1, 0.15) is 17.7 Å². The number of rotatable bonds is 5. The second-order valence-electron chi connectivity index (χ2n) is 9.53. The molecule has 1 saturated heterocycles. The van der Waals surface area contributed by atoms with Gasteiger partial charge >= 0.3 is 0 Å². The lowest BCUT2D eigenvalue weighted by atomic mass is 9.95. The number of pyridine rings is 1. The highest BCUT2D eigenvalue weighted by Gasteiger charge is 2.27. The number of hydrogen-bond acceptors (Lipinski definition) is 6. The van der Waals surface area contributed by atoms with E-state index in [-0.39, 0.29) is 24.5 Å². The summed E-state index contributed by atoms with van der Waals surface area (Å²) in [7, 11) is 0. The molecule has 2 aromatic rings. The predicted octanol–water partition coefficient (Wildman–Crippen LogP) is 2.78. The third kappa shape index (κ3) is 4.84. The van der Waals surface area contributed by atoms with E-state index in [4.69, 9.17) is 9.72 Å². The number of allylic oxidation sites excluding steroid dienone is 1. The summed E-state index contributed by atoms with van der Waals surface area (Å²) in [6.45, 7) is 9.72. The third-order valence-electron chi connectivity index (χ3n) is 6.79. The second-order valence-corrected chi connectivity index (χ2v) is 9.53. The zero-order valence-electron chi connectivity index (χ0n) is 20.4. The van der Waals surface area contributed by atoms with Crippen LogP contribution in [0, 0.1) is 5.92 Å². The normalized spacial score (nSPS) is 21.7. The largest absolute Gasteiger partial charge is 0.489 e. The highest BCUT2D eigenvalue weighted by Crippen LogP contribution is 2.40. The van der Waals surface area contributed by atoms with Crippen LogP contribution in [0.4, 0.5) is 5.82 Å². The molecular formula is C27H31N5O3. The van der Waals surface area contributed by atoms with E-state index in [1.54, 1.807) is 6.92 Å². The maximum absolute atomic E-state index is 13.1. The highest BCUT2D eigenvalue weighted by atomic mass is 16.5. The lowest BCUT2D eigenvalue weighted by Gasteiger charge is -2.28. The SMILES string of the molecule is CC1=CC(C)=NC(=O)C1CNC(=O)c1cc2c(c(-c3ccc(N4CCNCC4)nc3)c1)OC(C)C2. The zero-order chi connectivity index (χ0) is 24.5. The van der Waals surface area contributed by atoms with E-state index in [1.807, 2.05) is 50.4 Å². The van der Waals surface area contributed by atoms with E-state index in [0.29, 0.717) is 11.3 Å². The Balaban J connectivity index is 1.38. The number of amides is 2. The molecule has 4 heterocycles. The maximum atomic E-state index is 13.1. The minimum absolute atomic E-state index is 0.0453. The first-order valence-corrected chi connectivity index (χ1v) is 12.2. The van der Waals surface area contributed by atoms with Crippen LogP contribution in [0.5, 0.6) is 5.75 Å². The summed E-state index contributed by atoms with van der Waals surface area (Å²) in [5.41, 5.74) is 4.94. The van der Waals surface area contributed by atoms with Crippen molar-refractivity contribution in [1.29, 1.82) is 0 Å². The molecule has 35 heavy (non-hydrogen) atoms. The number of aliphatic imine (C=N–C) groups is 1. The molecule has 0 spiro atoms. The highest BCUT2D eigenvalue weighted by molar-refractivity contribution is 6.06. The number of anilines is 1. The summed E-state index contributed by atoms with van der Waals surface area (Å²) in [6, 6.07) is 7.84. The van der Waals surface area contributed by atoms with Gasteiger partial charge in [-0.15, -0.1) is 0 Å². The monoisotopic (exact) mass is 473 g/mol. The zero-order valence-corrected chi connectivity index (χ0v) is 20.4. The predicted molar refractivity (Wildman–Crippen MR) is 136 cm³/mol. The number of fused-ring (bicyclic) bond motifs is 1. The van der Waals surface area contributed by atoms with Gasteiger partial charge in [0.05, 0.1) is 5.92 Å². The minimum atomic E-state index is -0.429. The number of aromatic nitrogens is 1. The van der Waals surface area contributed by atoms with Gasteiger partial charge in [-0.1, -0.05) is 5.57 Å². The van der Waals surface area contributed by atoms with Crippen LogP contribution in [0.2, 0.25) is 0 Å². The van der Waals surface area contributed by atoms with Gasteiger partial charge in [0, 0.05) is 67.7 Å². The Kier molecular flexibility index (Phi) is 6.38. The van der Waals surface area contributed by atoms with Gasteiger partial charge in [-0.2, -0.15) is 0 Å². The molecule has 2 unspecified atom stereocenters. The molecule has 5 rings (SSSR count). The number of piperazine rings is 1. The summed E-state index contributed by atoms with van der Waals surface area (Å²) < 4.78 is 6.12. The van der Waals surface area contributed by atoms with Crippen molar-refractivity contribution in [2.24, 2.45) is 10.9 Å². The second kappa shape index (κ2) is 9.62. The van der Waals surface area contributed by atoms with E-state index in [0.717, 1.165) is 66.4 Å². The third-order valence-corrected chi connectivity index (χ3v) is 6.79. The smallest absolute Gasteiger partial charge is 0.254 e. The van der Waals surface area contributed by atoms with Crippen LogP contribution >= 0.6 is 0 Å². The molecule has 0 saturated carbocycles. The van der Waals surface area contributed by atoms with Crippen LogP contribution in [0.25, 0.3) is 11.1 Å². The Morgan fingerprint density at radius 2 is 2.03 bits per heavy atom. The minimum Gasteiger partial charge on any atom is -0.489 e. The number of nitrogens with zero attached hydrogens (tertiary/aromatic N) is 3. The molecule has 8 heteroatoms. The Morgan fingerprint density at radius 1 is 1.23 bits per heavy atom. The van der Waals surface area contributed by atoms with E-state index in [9.17, 15) is 9.59 Å². The van der Waals surface area contributed by atoms with Crippen molar-refractivity contribution in [3.63, 3.8) is 0 Å². The fourth-order valence-corrected chi connectivity index (χ4v) is 4.96. The van der Waals surface area contributed by atoms with Crippen molar-refractivity contribution in [2.45, 2.75) is 33.3 Å². The van der Waals surface area contributed by atoms with Gasteiger partial charge in [0.25, 0.3) is 11.8 Å². The van der Waals surface area contributed by atoms with Gasteiger partial charge in [0.15, 0.2) is 0 Å². The molecular weight excluding hydrogens is 442 g/mol. The molecule has 2 amide bonds. The molecule has 2 N–H and O–H groups in total. The number of carbonyl (C=O) groups excluding carboxylic acids is 2. The first-order chi connectivity index (χ1) is 16.9. The average molecular weight is 474 g/mol. The number of hydrogen-bond donors (Lipinski definition) is 2. The number of dihydropyridines is 1. The average Bonchev–Trinajstić information content (AvgIpc) is 3.23. The van der Waals surface area contributed by atoms with Crippen LogP contribution in [0.15, 0.2) is 47.1 Å². The maximum Gasteiger partial charge on any atom is 0.254 e. The molecule has 0 bridgehead atoms. The summed E-state index contributed by atoms with van der Waals surface area (Å²) >= 11 is 0. The van der Waals surface area contributed by atoms with Crippen LogP contribution in [-0.4, -0.2) is 61.3 Å². The van der Waals surface area contributed by atoms with Gasteiger partial charge in [-0.25, -0.2) is 9.98 Å². The van der Waals surface area contributed by atoms with Gasteiger partial charge in [-0.05, 0) is 56.7 Å². The number of nitrogens with one attached hydrogen (secondary N) is 2. The van der Waals surface area contributed by atoms with E-state index < -0.39 is 5.92 Å². The number of carbonyl (C=O) groups is 2. The Bertz CT molecular complexity index is 1210. The number of benzene rings is 1. The van der Waals surface area contributed by atoms with Crippen LogP contribution in [0.3, 0.4) is 0 Å².